The average Bonchev–Trinajstić information content (AvgIpc) is 2.38. The highest BCUT2D eigenvalue weighted by Gasteiger charge is 2.16. The molecule has 0 spiro atoms. The molecule has 0 aliphatic heterocycles. The molecule has 0 atom stereocenters. The highest BCUT2D eigenvalue weighted by molar-refractivity contribution is 5.47. The Balaban J connectivity index is 2.36. The molecule has 0 fully saturated rings. The Hall–Kier alpha value is -2.97. The third-order valence-corrected chi connectivity index (χ3v) is 2.06. The number of nitro groups is 1. The fourth-order valence-electron chi connectivity index (χ4n) is 1.28. The minimum atomic E-state index is -0.572. The molecule has 98 valence electrons. The number of hydrogen-bond acceptors (Lipinski definition) is 8. The first kappa shape index (κ1) is 12.5. The van der Waals surface area contributed by atoms with Gasteiger partial charge in [0.15, 0.2) is 0 Å². The molecule has 0 unspecified atom stereocenters. The molecule has 0 saturated carbocycles. The van der Waals surface area contributed by atoms with E-state index in [1.165, 1.54) is 25.3 Å². The first-order chi connectivity index (χ1) is 9.10. The third-order valence-electron chi connectivity index (χ3n) is 2.06. The number of nitrogens with two attached hydrogens (primary N) is 1. The van der Waals surface area contributed by atoms with Crippen LogP contribution in [-0.4, -0.2) is 27.0 Å². The number of aromatic nitrogens is 3. The van der Waals surface area contributed by atoms with Crippen molar-refractivity contribution in [3.05, 3.63) is 34.4 Å². The summed E-state index contributed by atoms with van der Waals surface area (Å²) in [5, 5.41) is 10.8. The summed E-state index contributed by atoms with van der Waals surface area (Å²) in [4.78, 5) is 21.4. The fraction of sp³-hybridized carbons (Fsp3) is 0.100. The molecule has 2 N–H and O–H groups in total. The normalized spacial score (nSPS) is 9.95. The molecule has 19 heavy (non-hydrogen) atoms. The van der Waals surface area contributed by atoms with Crippen molar-refractivity contribution in [3.63, 3.8) is 0 Å². The van der Waals surface area contributed by atoms with Crippen LogP contribution in [0.3, 0.4) is 0 Å². The lowest BCUT2D eigenvalue weighted by atomic mass is 10.3. The number of methoxy groups -OCH3 is 1. The topological polar surface area (TPSA) is 126 Å². The molecule has 0 bridgehead atoms. The van der Waals surface area contributed by atoms with E-state index < -0.39 is 4.92 Å². The Kier molecular flexibility index (Phi) is 3.37. The van der Waals surface area contributed by atoms with Gasteiger partial charge in [-0.25, -0.2) is 0 Å². The van der Waals surface area contributed by atoms with Crippen molar-refractivity contribution in [2.45, 2.75) is 0 Å². The molecule has 1 aromatic heterocycles. The lowest BCUT2D eigenvalue weighted by Gasteiger charge is -2.05. The van der Waals surface area contributed by atoms with Gasteiger partial charge in [0.1, 0.15) is 0 Å². The van der Waals surface area contributed by atoms with E-state index in [2.05, 4.69) is 15.0 Å². The van der Waals surface area contributed by atoms with Gasteiger partial charge in [-0.05, 0) is 6.07 Å². The molecule has 0 radical (unpaired) electrons. The Morgan fingerprint density at radius 3 is 2.58 bits per heavy atom. The lowest BCUT2D eigenvalue weighted by molar-refractivity contribution is -0.385. The van der Waals surface area contributed by atoms with Gasteiger partial charge in [-0.2, -0.15) is 9.97 Å². The Morgan fingerprint density at radius 1 is 1.21 bits per heavy atom. The summed E-state index contributed by atoms with van der Waals surface area (Å²) in [5.74, 6) is -0.111. The predicted octanol–water partition coefficient (Wildman–Crippen LogP) is 1.16. The van der Waals surface area contributed by atoms with E-state index in [9.17, 15) is 10.1 Å². The predicted molar refractivity (Wildman–Crippen MR) is 64.0 cm³/mol. The van der Waals surface area contributed by atoms with Crippen LogP contribution in [0.2, 0.25) is 0 Å². The highest BCUT2D eigenvalue weighted by atomic mass is 16.6. The molecule has 2 aromatic rings. The van der Waals surface area contributed by atoms with Crippen LogP contribution in [0.15, 0.2) is 24.3 Å². The van der Waals surface area contributed by atoms with Gasteiger partial charge in [0.2, 0.25) is 11.7 Å². The molecule has 0 aliphatic carbocycles. The number of nitrogen functional groups attached to an aromatic ring is 1. The number of rotatable bonds is 4. The number of para-hydroxylation sites is 2. The number of benzene rings is 1. The van der Waals surface area contributed by atoms with E-state index >= 15 is 0 Å². The van der Waals surface area contributed by atoms with E-state index in [-0.39, 0.29) is 29.4 Å². The van der Waals surface area contributed by atoms with E-state index in [0.29, 0.717) is 0 Å². The van der Waals surface area contributed by atoms with Gasteiger partial charge in [0.25, 0.3) is 0 Å². The van der Waals surface area contributed by atoms with Gasteiger partial charge < -0.3 is 15.2 Å². The lowest BCUT2D eigenvalue weighted by Crippen LogP contribution is -2.03. The van der Waals surface area contributed by atoms with E-state index in [1.54, 1.807) is 6.07 Å². The van der Waals surface area contributed by atoms with Crippen LogP contribution >= 0.6 is 0 Å². The molecule has 1 heterocycles. The second-order valence-corrected chi connectivity index (χ2v) is 3.29. The second kappa shape index (κ2) is 5.12. The summed E-state index contributed by atoms with van der Waals surface area (Å²) in [5.41, 5.74) is 5.22. The maximum Gasteiger partial charge on any atom is 0.330 e. The SMILES string of the molecule is COc1nc(N)nc(Oc2ccccc2[N+](=O)[O-])n1. The van der Waals surface area contributed by atoms with Crippen molar-refractivity contribution in [2.24, 2.45) is 0 Å². The van der Waals surface area contributed by atoms with Gasteiger partial charge in [-0.1, -0.05) is 12.1 Å². The number of nitrogens with zero attached hydrogens (tertiary/aromatic N) is 4. The number of hydrogen-bond donors (Lipinski definition) is 1. The Bertz CT molecular complexity index is 619. The number of ether oxygens (including phenoxy) is 2. The maximum absolute atomic E-state index is 10.8. The number of anilines is 1. The standard InChI is InChI=1S/C10H9N5O4/c1-18-9-12-8(11)13-10(14-9)19-7-5-3-2-4-6(7)15(16)17/h2-5H,1H3,(H2,11,12,13,14). The van der Waals surface area contributed by atoms with Crippen molar-refractivity contribution in [1.82, 2.24) is 15.0 Å². The zero-order valence-electron chi connectivity index (χ0n) is 9.81. The summed E-state index contributed by atoms with van der Waals surface area (Å²) in [6.07, 6.45) is 0. The zero-order chi connectivity index (χ0) is 13.8. The van der Waals surface area contributed by atoms with Gasteiger partial charge in [-0.15, -0.1) is 4.98 Å². The molecule has 9 heteroatoms. The molecule has 0 amide bonds. The van der Waals surface area contributed by atoms with Gasteiger partial charge in [-0.3, -0.25) is 10.1 Å². The molecular formula is C10H9N5O4. The van der Waals surface area contributed by atoms with Crippen LogP contribution in [0, 0.1) is 10.1 Å². The van der Waals surface area contributed by atoms with Crippen molar-refractivity contribution < 1.29 is 14.4 Å². The van der Waals surface area contributed by atoms with E-state index in [1.807, 2.05) is 0 Å². The van der Waals surface area contributed by atoms with Crippen molar-refractivity contribution in [2.75, 3.05) is 12.8 Å². The summed E-state index contributed by atoms with van der Waals surface area (Å²) in [6, 6.07) is 5.61. The van der Waals surface area contributed by atoms with Gasteiger partial charge in [0.05, 0.1) is 12.0 Å². The minimum Gasteiger partial charge on any atom is -0.467 e. The molecule has 9 nitrogen and oxygen atoms in total. The summed E-state index contributed by atoms with van der Waals surface area (Å²) in [7, 11) is 1.35. The zero-order valence-corrected chi connectivity index (χ0v) is 9.81. The molecule has 2 rings (SSSR count). The van der Waals surface area contributed by atoms with Gasteiger partial charge in [0, 0.05) is 6.07 Å². The van der Waals surface area contributed by atoms with Crippen LogP contribution in [0.4, 0.5) is 11.6 Å². The highest BCUT2D eigenvalue weighted by Crippen LogP contribution is 2.29. The molecule has 0 aliphatic rings. The van der Waals surface area contributed by atoms with E-state index in [0.717, 1.165) is 0 Å². The van der Waals surface area contributed by atoms with Crippen LogP contribution in [-0.2, 0) is 0 Å². The monoisotopic (exact) mass is 263 g/mol. The minimum absolute atomic E-state index is 0.000142. The molecule has 1 aromatic carbocycles. The smallest absolute Gasteiger partial charge is 0.330 e. The van der Waals surface area contributed by atoms with Crippen LogP contribution in [0.5, 0.6) is 17.8 Å². The summed E-state index contributed by atoms with van der Waals surface area (Å²) >= 11 is 0. The van der Waals surface area contributed by atoms with E-state index in [4.69, 9.17) is 15.2 Å². The first-order valence-corrected chi connectivity index (χ1v) is 5.07. The second-order valence-electron chi connectivity index (χ2n) is 3.29. The summed E-state index contributed by atoms with van der Waals surface area (Å²) in [6.45, 7) is 0. The van der Waals surface area contributed by atoms with Crippen LogP contribution in [0.25, 0.3) is 0 Å². The Labute approximate surface area is 107 Å². The van der Waals surface area contributed by atoms with Gasteiger partial charge >= 0.3 is 17.7 Å². The average molecular weight is 263 g/mol. The largest absolute Gasteiger partial charge is 0.467 e. The third kappa shape index (κ3) is 2.83. The van der Waals surface area contributed by atoms with Crippen LogP contribution in [0.1, 0.15) is 0 Å². The fourth-order valence-corrected chi connectivity index (χ4v) is 1.28. The van der Waals surface area contributed by atoms with Crippen molar-refractivity contribution in [3.8, 4) is 17.8 Å². The van der Waals surface area contributed by atoms with Crippen molar-refractivity contribution >= 4 is 11.6 Å². The Morgan fingerprint density at radius 2 is 1.89 bits per heavy atom. The number of nitro benzene ring substituents is 1. The maximum atomic E-state index is 10.8. The summed E-state index contributed by atoms with van der Waals surface area (Å²) < 4.78 is 10.0. The first-order valence-electron chi connectivity index (χ1n) is 5.07. The van der Waals surface area contributed by atoms with Crippen molar-refractivity contribution in [1.29, 1.82) is 0 Å². The van der Waals surface area contributed by atoms with Crippen LogP contribution < -0.4 is 15.2 Å². The molecule has 0 saturated heterocycles. The quantitative estimate of drug-likeness (QED) is 0.643. The molecular weight excluding hydrogens is 254 g/mol.